The molecule has 1 spiro atoms. The second-order valence-electron chi connectivity index (χ2n) is 13.3. The Morgan fingerprint density at radius 2 is 1.79 bits per heavy atom. The number of carboxylic acid groups (broad SMARTS) is 1. The van der Waals surface area contributed by atoms with Crippen molar-refractivity contribution in [1.29, 1.82) is 5.53 Å². The van der Waals surface area contributed by atoms with Crippen molar-refractivity contribution in [2.45, 2.75) is 48.6 Å². The van der Waals surface area contributed by atoms with Gasteiger partial charge in [0.15, 0.2) is 0 Å². The Hall–Kier alpha value is -5.21. The van der Waals surface area contributed by atoms with E-state index < -0.39 is 51.3 Å². The number of pyridine rings is 1. The lowest BCUT2D eigenvalue weighted by molar-refractivity contribution is -0.117. The lowest BCUT2D eigenvalue weighted by atomic mass is 9.85. The smallest absolute Gasteiger partial charge is 0.407 e. The summed E-state index contributed by atoms with van der Waals surface area (Å²) in [5, 5.41) is 17.3. The summed E-state index contributed by atoms with van der Waals surface area (Å²) in [7, 11) is -2.58. The van der Waals surface area contributed by atoms with Gasteiger partial charge in [0.05, 0.1) is 12.0 Å². The molecule has 4 aromatic rings. The van der Waals surface area contributed by atoms with E-state index in [9.17, 15) is 23.1 Å². The van der Waals surface area contributed by atoms with E-state index in [-0.39, 0.29) is 48.6 Å². The third-order valence-corrected chi connectivity index (χ3v) is 12.0. The maximum atomic E-state index is 15.7. The van der Waals surface area contributed by atoms with Gasteiger partial charge in [-0.05, 0) is 73.2 Å². The minimum atomic E-state index is -4.06. The number of nitrogens with one attached hydrogen (secondary N) is 2. The molecule has 1 unspecified atom stereocenters. The van der Waals surface area contributed by atoms with Crippen LogP contribution in [0.25, 0.3) is 0 Å². The standard InChI is InChI=1S/C37H37ClFN7O6S/c1-52-32-17-12-25(20-41-32)33(24-10-13-26(38)14-11-24)34(43-44-40)35(47)42-31-9-5-8-30(39)29(31)16-15-27-21-45(36(48)49)22-37(18-19-37)23-46(27)53(50,51)28-6-3-2-4-7-28/h2-14,17,20,27,33-34,40H,15-16,18-19,21-23H2,1H3,(H-,42,47,48,49)/p+1/t27?,33-,34-/m0/s1. The summed E-state index contributed by atoms with van der Waals surface area (Å²) in [4.78, 5) is 35.3. The first kappa shape index (κ1) is 37.5. The number of sulfonamides is 1. The molecule has 3 aromatic carbocycles. The van der Waals surface area contributed by atoms with Crippen molar-refractivity contribution >= 4 is 39.3 Å². The summed E-state index contributed by atoms with van der Waals surface area (Å²) in [6, 6.07) is 20.1. The Balaban J connectivity index is 1.31. The summed E-state index contributed by atoms with van der Waals surface area (Å²) in [6.45, 7) is 0.223. The lowest BCUT2D eigenvalue weighted by Crippen LogP contribution is -2.46. The molecule has 1 saturated heterocycles. The molecule has 2 fully saturated rings. The SMILES string of the molecule is COc1ccc([C@H](c2ccc(Cl)cc2)[C@H](N=[N+]=N)C(=O)Nc2cccc(F)c2CCC2CN(C(=O)O)CC3(CC3)CN2S(=O)(=O)c2ccccc2)cn1. The third kappa shape index (κ3) is 8.39. The molecule has 1 aliphatic heterocycles. The van der Waals surface area contributed by atoms with Gasteiger partial charge in [-0.25, -0.2) is 22.6 Å². The van der Waals surface area contributed by atoms with Gasteiger partial charge in [-0.15, -0.1) is 0 Å². The number of aromatic nitrogens is 1. The van der Waals surface area contributed by atoms with Gasteiger partial charge in [0.2, 0.25) is 26.9 Å². The highest BCUT2D eigenvalue weighted by molar-refractivity contribution is 7.89. The molecule has 3 atom stereocenters. The molecule has 1 aromatic heterocycles. The molecule has 1 saturated carbocycles. The van der Waals surface area contributed by atoms with Crippen LogP contribution in [0.15, 0.2) is 101 Å². The molecule has 2 heterocycles. The first-order valence-corrected chi connectivity index (χ1v) is 18.7. The van der Waals surface area contributed by atoms with Crippen LogP contribution in [-0.2, 0) is 21.2 Å². The van der Waals surface area contributed by atoms with Crippen LogP contribution in [0.4, 0.5) is 14.9 Å². The maximum Gasteiger partial charge on any atom is 0.407 e. The highest BCUT2D eigenvalue weighted by atomic mass is 35.5. The molecular formula is C37H38ClFN7O6S+. The van der Waals surface area contributed by atoms with Crippen LogP contribution in [0.5, 0.6) is 5.88 Å². The van der Waals surface area contributed by atoms with Gasteiger partial charge in [0.1, 0.15) is 16.5 Å². The van der Waals surface area contributed by atoms with Gasteiger partial charge in [-0.1, -0.05) is 54.1 Å². The number of hydrogen-bond donors (Lipinski definition) is 3. The summed E-state index contributed by atoms with van der Waals surface area (Å²) in [5.74, 6) is -1.79. The third-order valence-electron chi connectivity index (χ3n) is 9.86. The second-order valence-corrected chi connectivity index (χ2v) is 15.6. The van der Waals surface area contributed by atoms with Gasteiger partial charge >= 0.3 is 6.09 Å². The van der Waals surface area contributed by atoms with E-state index in [0.29, 0.717) is 34.9 Å². The van der Waals surface area contributed by atoms with Crippen LogP contribution in [0.2, 0.25) is 5.02 Å². The molecule has 6 rings (SSSR count). The summed E-state index contributed by atoms with van der Waals surface area (Å²) in [5.41, 5.74) is 8.47. The van der Waals surface area contributed by atoms with Crippen molar-refractivity contribution in [1.82, 2.24) is 19.1 Å². The zero-order chi connectivity index (χ0) is 37.8. The molecule has 2 amide bonds. The van der Waals surface area contributed by atoms with Crippen LogP contribution < -0.4 is 15.0 Å². The monoisotopic (exact) mass is 762 g/mol. The summed E-state index contributed by atoms with van der Waals surface area (Å²) < 4.78 is 50.5. The Kier molecular flexibility index (Phi) is 11.2. The van der Waals surface area contributed by atoms with E-state index >= 15 is 4.39 Å². The van der Waals surface area contributed by atoms with Crippen LogP contribution in [0.3, 0.4) is 0 Å². The average Bonchev–Trinajstić information content (AvgIpc) is 3.95. The van der Waals surface area contributed by atoms with Crippen LogP contribution >= 0.6 is 11.6 Å². The summed E-state index contributed by atoms with van der Waals surface area (Å²) >= 11 is 6.16. The normalized spacial score (nSPS) is 17.9. The Labute approximate surface area is 311 Å². The fourth-order valence-corrected chi connectivity index (χ4v) is 8.82. The van der Waals surface area contributed by atoms with Crippen LogP contribution in [0, 0.1) is 16.8 Å². The lowest BCUT2D eigenvalue weighted by Gasteiger charge is -2.31. The van der Waals surface area contributed by atoms with Crippen molar-refractivity contribution in [2.75, 3.05) is 32.1 Å². The number of carbonyl (C=O) groups is 2. The molecule has 16 heteroatoms. The molecule has 2 aliphatic rings. The summed E-state index contributed by atoms with van der Waals surface area (Å²) in [6.07, 6.45) is 1.76. The minimum Gasteiger partial charge on any atom is -0.481 e. The number of ether oxygens (including phenoxy) is 1. The number of amides is 2. The number of anilines is 1. The molecule has 0 radical (unpaired) electrons. The Morgan fingerprint density at radius 1 is 1.08 bits per heavy atom. The quantitative estimate of drug-likeness (QED) is 0.111. The van der Waals surface area contributed by atoms with Crippen LogP contribution in [0.1, 0.15) is 41.9 Å². The topological polar surface area (TPSA) is 179 Å². The number of benzene rings is 3. The molecule has 276 valence electrons. The van der Waals surface area contributed by atoms with Crippen molar-refractivity contribution in [3.63, 3.8) is 0 Å². The van der Waals surface area contributed by atoms with E-state index in [1.54, 1.807) is 54.6 Å². The van der Waals surface area contributed by atoms with Gasteiger partial charge in [0.25, 0.3) is 5.91 Å². The first-order valence-electron chi connectivity index (χ1n) is 16.9. The number of methoxy groups -OCH3 is 1. The second kappa shape index (κ2) is 15.8. The van der Waals surface area contributed by atoms with E-state index in [4.69, 9.17) is 21.9 Å². The number of halogens is 2. The fourth-order valence-electron chi connectivity index (χ4n) is 6.91. The van der Waals surface area contributed by atoms with Gasteiger partial charge in [-0.3, -0.25) is 4.79 Å². The number of carbonyl (C=O) groups excluding carboxylic acids is 1. The number of hydrogen-bond acceptors (Lipinski definition) is 8. The Bertz CT molecular complexity index is 2120. The van der Waals surface area contributed by atoms with Crippen molar-refractivity contribution in [2.24, 2.45) is 10.5 Å². The fraction of sp³-hybridized carbons (Fsp3) is 0.324. The molecule has 0 bridgehead atoms. The zero-order valence-electron chi connectivity index (χ0n) is 28.7. The molecular weight excluding hydrogens is 725 g/mol. The highest BCUT2D eigenvalue weighted by Crippen LogP contribution is 2.49. The maximum absolute atomic E-state index is 15.7. The minimum absolute atomic E-state index is 0.0398. The average molecular weight is 763 g/mol. The molecule has 1 aliphatic carbocycles. The predicted octanol–water partition coefficient (Wildman–Crippen LogP) is 6.34. The number of nitrogens with zero attached hydrogens (tertiary/aromatic N) is 5. The van der Waals surface area contributed by atoms with Crippen molar-refractivity contribution in [3.8, 4) is 5.88 Å². The van der Waals surface area contributed by atoms with E-state index in [1.807, 2.05) is 0 Å². The van der Waals surface area contributed by atoms with Crippen LogP contribution in [-0.4, -0.2) is 78.5 Å². The largest absolute Gasteiger partial charge is 0.481 e. The highest BCUT2D eigenvalue weighted by Gasteiger charge is 2.52. The molecule has 53 heavy (non-hydrogen) atoms. The first-order chi connectivity index (χ1) is 25.4. The molecule has 3 N–H and O–H groups in total. The Morgan fingerprint density at radius 3 is 2.42 bits per heavy atom. The van der Waals surface area contributed by atoms with E-state index in [2.05, 4.69) is 20.3 Å². The number of rotatable bonds is 12. The van der Waals surface area contributed by atoms with Crippen molar-refractivity contribution in [3.05, 3.63) is 119 Å². The predicted molar refractivity (Wildman–Crippen MR) is 194 cm³/mol. The molecule has 13 nitrogen and oxygen atoms in total. The van der Waals surface area contributed by atoms with E-state index in [1.165, 1.54) is 52.8 Å². The zero-order valence-corrected chi connectivity index (χ0v) is 30.3. The van der Waals surface area contributed by atoms with Gasteiger partial charge in [0, 0.05) is 65.5 Å². The van der Waals surface area contributed by atoms with Gasteiger partial charge in [-0.2, -0.15) is 4.31 Å². The van der Waals surface area contributed by atoms with Crippen molar-refractivity contribution < 1.29 is 32.2 Å². The van der Waals surface area contributed by atoms with Gasteiger partial charge < -0.3 is 20.1 Å². The van der Waals surface area contributed by atoms with E-state index in [0.717, 1.165) is 0 Å².